The number of anilines is 1. The second-order valence-corrected chi connectivity index (χ2v) is 7.19. The van der Waals surface area contributed by atoms with Crippen LogP contribution in [0.5, 0.6) is 0 Å². The Kier molecular flexibility index (Phi) is 4.14. The van der Waals surface area contributed by atoms with Crippen LogP contribution >= 0.6 is 23.1 Å². The Hall–Kier alpha value is -0.790. The van der Waals surface area contributed by atoms with Gasteiger partial charge in [0.2, 0.25) is 0 Å². The number of aliphatic carboxylic acids is 1. The lowest BCUT2D eigenvalue weighted by molar-refractivity contribution is -0.138. The van der Waals surface area contributed by atoms with Gasteiger partial charge in [-0.05, 0) is 25.5 Å². The van der Waals surface area contributed by atoms with E-state index in [1.165, 1.54) is 29.9 Å². The highest BCUT2D eigenvalue weighted by atomic mass is 32.2. The van der Waals surface area contributed by atoms with Crippen LogP contribution in [0.3, 0.4) is 0 Å². The summed E-state index contributed by atoms with van der Waals surface area (Å²) in [7, 11) is 0. The minimum Gasteiger partial charge on any atom is -0.480 e. The van der Waals surface area contributed by atoms with Gasteiger partial charge in [-0.2, -0.15) is 11.8 Å². The van der Waals surface area contributed by atoms with Crippen LogP contribution in [-0.4, -0.2) is 33.1 Å². The molecule has 18 heavy (non-hydrogen) atoms. The Balaban J connectivity index is 1.92. The van der Waals surface area contributed by atoms with Gasteiger partial charge in [0, 0.05) is 16.7 Å². The molecule has 2 unspecified atom stereocenters. The van der Waals surface area contributed by atoms with E-state index < -0.39 is 12.0 Å². The number of hydrogen-bond donors (Lipinski definition) is 3. The zero-order valence-electron chi connectivity index (χ0n) is 10.2. The third-order valence-corrected chi connectivity index (χ3v) is 5.38. The third kappa shape index (κ3) is 3.15. The summed E-state index contributed by atoms with van der Waals surface area (Å²) in [5.74, 6) is 0.163. The Labute approximate surface area is 114 Å². The van der Waals surface area contributed by atoms with Gasteiger partial charge < -0.3 is 16.2 Å². The summed E-state index contributed by atoms with van der Waals surface area (Å²) in [6, 6.07) is -1.03. The largest absolute Gasteiger partial charge is 0.480 e. The van der Waals surface area contributed by atoms with Crippen molar-refractivity contribution in [3.05, 3.63) is 11.1 Å². The molecule has 0 aromatic carbocycles. The number of nitrogens with two attached hydrogens (primary N) is 1. The molecule has 1 aliphatic rings. The van der Waals surface area contributed by atoms with Crippen molar-refractivity contribution in [2.24, 2.45) is 5.73 Å². The highest BCUT2D eigenvalue weighted by molar-refractivity contribution is 8.00. The van der Waals surface area contributed by atoms with Crippen LogP contribution in [0, 0.1) is 0 Å². The summed E-state index contributed by atoms with van der Waals surface area (Å²) < 4.78 is 0.265. The monoisotopic (exact) mass is 287 g/mol. The van der Waals surface area contributed by atoms with Crippen LogP contribution in [0.15, 0.2) is 5.38 Å². The first-order valence-electron chi connectivity index (χ1n) is 5.82. The molecule has 0 saturated carbocycles. The first kappa shape index (κ1) is 13.6. The fourth-order valence-corrected chi connectivity index (χ4v) is 3.87. The maximum Gasteiger partial charge on any atom is 0.326 e. The summed E-state index contributed by atoms with van der Waals surface area (Å²) in [5.41, 5.74) is 5.92. The zero-order valence-corrected chi connectivity index (χ0v) is 11.8. The molecule has 100 valence electrons. The van der Waals surface area contributed by atoms with Gasteiger partial charge in [-0.25, -0.2) is 4.98 Å². The average molecular weight is 287 g/mol. The molecule has 1 aromatic heterocycles. The molecule has 2 atom stereocenters. The molecule has 4 N–H and O–H groups in total. The molecule has 0 bridgehead atoms. The summed E-state index contributed by atoms with van der Waals surface area (Å²) in [6.45, 7) is 3.10. The summed E-state index contributed by atoms with van der Waals surface area (Å²) in [5, 5.41) is 14.5. The number of nitrogens with one attached hydrogen (secondary N) is 1. The van der Waals surface area contributed by atoms with Gasteiger partial charge in [0.1, 0.15) is 6.04 Å². The van der Waals surface area contributed by atoms with Crippen LogP contribution < -0.4 is 11.1 Å². The van der Waals surface area contributed by atoms with Crippen LogP contribution in [0.4, 0.5) is 5.13 Å². The summed E-state index contributed by atoms with van der Waals surface area (Å²) in [6.07, 6.45) is 2.47. The molecule has 0 spiro atoms. The molecule has 2 rings (SSSR count). The minimum absolute atomic E-state index is 0.265. The SMILES string of the molecule is CC1(CNc2nc(C(N)C(=O)O)cs2)CCCS1. The van der Waals surface area contributed by atoms with Gasteiger partial charge in [-0.15, -0.1) is 11.3 Å². The van der Waals surface area contributed by atoms with E-state index in [0.29, 0.717) is 5.69 Å². The van der Waals surface area contributed by atoms with Gasteiger partial charge in [0.15, 0.2) is 5.13 Å². The highest BCUT2D eigenvalue weighted by Crippen LogP contribution is 2.37. The molecule has 1 aliphatic heterocycles. The number of thiazole rings is 1. The van der Waals surface area contributed by atoms with Crippen LogP contribution in [0.2, 0.25) is 0 Å². The second kappa shape index (κ2) is 5.46. The van der Waals surface area contributed by atoms with Crippen molar-refractivity contribution in [2.75, 3.05) is 17.6 Å². The van der Waals surface area contributed by atoms with Crippen molar-refractivity contribution in [2.45, 2.75) is 30.6 Å². The lowest BCUT2D eigenvalue weighted by Gasteiger charge is -2.22. The standard InChI is InChI=1S/C11H17N3O2S2/c1-11(3-2-4-18-11)6-13-10-14-7(5-17-10)8(12)9(15)16/h5,8H,2-4,6,12H2,1H3,(H,13,14)(H,15,16). The molecule has 2 heterocycles. The van der Waals surface area contributed by atoms with Crippen LogP contribution in [0.1, 0.15) is 31.5 Å². The van der Waals surface area contributed by atoms with E-state index in [4.69, 9.17) is 10.8 Å². The molecule has 0 amide bonds. The summed E-state index contributed by atoms with van der Waals surface area (Å²) >= 11 is 3.38. The van der Waals surface area contributed by atoms with Crippen molar-refractivity contribution in [1.29, 1.82) is 0 Å². The van der Waals surface area contributed by atoms with Crippen molar-refractivity contribution in [3.8, 4) is 0 Å². The van der Waals surface area contributed by atoms with Gasteiger partial charge in [0.05, 0.1) is 5.69 Å². The first-order valence-corrected chi connectivity index (χ1v) is 7.68. The van der Waals surface area contributed by atoms with Gasteiger partial charge >= 0.3 is 5.97 Å². The fraction of sp³-hybridized carbons (Fsp3) is 0.636. The van der Waals surface area contributed by atoms with E-state index in [0.717, 1.165) is 11.7 Å². The number of carboxylic acid groups (broad SMARTS) is 1. The number of rotatable bonds is 5. The molecule has 0 aliphatic carbocycles. The van der Waals surface area contributed by atoms with E-state index in [1.807, 2.05) is 11.8 Å². The third-order valence-electron chi connectivity index (χ3n) is 3.02. The topological polar surface area (TPSA) is 88.2 Å². The van der Waals surface area contributed by atoms with E-state index >= 15 is 0 Å². The number of aromatic nitrogens is 1. The van der Waals surface area contributed by atoms with Crippen LogP contribution in [0.25, 0.3) is 0 Å². The lowest BCUT2D eigenvalue weighted by Crippen LogP contribution is -2.27. The number of carbonyl (C=O) groups is 1. The number of hydrogen-bond acceptors (Lipinski definition) is 6. The number of thioether (sulfide) groups is 1. The molecule has 1 aromatic rings. The molecule has 5 nitrogen and oxygen atoms in total. The van der Waals surface area contributed by atoms with Crippen molar-refractivity contribution in [3.63, 3.8) is 0 Å². The fourth-order valence-electron chi connectivity index (χ4n) is 1.88. The normalized spacial score (nSPS) is 25.0. The quantitative estimate of drug-likeness (QED) is 0.767. The summed E-state index contributed by atoms with van der Waals surface area (Å²) in [4.78, 5) is 15.0. The second-order valence-electron chi connectivity index (χ2n) is 4.65. The Morgan fingerprint density at radius 2 is 2.56 bits per heavy atom. The lowest BCUT2D eigenvalue weighted by atomic mass is 10.1. The van der Waals surface area contributed by atoms with E-state index in [1.54, 1.807) is 5.38 Å². The minimum atomic E-state index is -1.05. The molecule has 1 fully saturated rings. The predicted octanol–water partition coefficient (Wildman–Crippen LogP) is 1.93. The number of nitrogens with zero attached hydrogens (tertiary/aromatic N) is 1. The Bertz CT molecular complexity index is 430. The van der Waals surface area contributed by atoms with Gasteiger partial charge in [-0.1, -0.05) is 0 Å². The smallest absolute Gasteiger partial charge is 0.326 e. The zero-order chi connectivity index (χ0) is 13.2. The van der Waals surface area contributed by atoms with Gasteiger partial charge in [-0.3, -0.25) is 4.79 Å². The van der Waals surface area contributed by atoms with E-state index in [9.17, 15) is 4.79 Å². The molecule has 1 saturated heterocycles. The van der Waals surface area contributed by atoms with E-state index in [2.05, 4.69) is 17.2 Å². The van der Waals surface area contributed by atoms with Crippen molar-refractivity contribution in [1.82, 2.24) is 4.98 Å². The molecule has 0 radical (unpaired) electrons. The molecular formula is C11H17N3O2S2. The number of carboxylic acids is 1. The maximum absolute atomic E-state index is 10.7. The maximum atomic E-state index is 10.7. The van der Waals surface area contributed by atoms with Crippen molar-refractivity contribution >= 4 is 34.2 Å². The van der Waals surface area contributed by atoms with E-state index in [-0.39, 0.29) is 4.75 Å². The van der Waals surface area contributed by atoms with Crippen molar-refractivity contribution < 1.29 is 9.90 Å². The molecular weight excluding hydrogens is 270 g/mol. The average Bonchev–Trinajstić information content (AvgIpc) is 2.95. The highest BCUT2D eigenvalue weighted by Gasteiger charge is 2.29. The first-order chi connectivity index (χ1) is 8.50. The predicted molar refractivity (Wildman–Crippen MR) is 75.3 cm³/mol. The molecule has 7 heteroatoms. The van der Waals surface area contributed by atoms with Crippen LogP contribution in [-0.2, 0) is 4.79 Å². The Morgan fingerprint density at radius 1 is 1.78 bits per heavy atom. The Morgan fingerprint density at radius 3 is 3.17 bits per heavy atom. The van der Waals surface area contributed by atoms with Gasteiger partial charge in [0.25, 0.3) is 0 Å².